The van der Waals surface area contributed by atoms with E-state index in [1.165, 1.54) is 6.07 Å². The zero-order valence-corrected chi connectivity index (χ0v) is 26.0. The third-order valence-corrected chi connectivity index (χ3v) is 7.16. The highest BCUT2D eigenvalue weighted by molar-refractivity contribution is 9.10. The molecule has 2 aromatic carbocycles. The molecule has 0 aliphatic heterocycles. The quantitative estimate of drug-likeness (QED) is 0.131. The first-order valence-electron chi connectivity index (χ1n) is 13.7. The van der Waals surface area contributed by atoms with Crippen molar-refractivity contribution in [3.05, 3.63) is 88.2 Å². The fourth-order valence-electron chi connectivity index (χ4n) is 4.28. The van der Waals surface area contributed by atoms with Crippen LogP contribution in [-0.4, -0.2) is 72.1 Å². The molecule has 0 radical (unpaired) electrons. The zero-order valence-electron chi connectivity index (χ0n) is 24.4. The third-order valence-electron chi connectivity index (χ3n) is 6.72. The second kappa shape index (κ2) is 16.1. The van der Waals surface area contributed by atoms with Crippen LogP contribution in [0.5, 0.6) is 11.5 Å². The number of methoxy groups -OCH3 is 2. The van der Waals surface area contributed by atoms with Crippen molar-refractivity contribution in [3.8, 4) is 11.5 Å². The first-order valence-corrected chi connectivity index (χ1v) is 14.5. The summed E-state index contributed by atoms with van der Waals surface area (Å²) in [6.45, 7) is 3.50. The lowest BCUT2D eigenvalue weighted by Crippen LogP contribution is -2.59. The number of benzene rings is 2. The van der Waals surface area contributed by atoms with Gasteiger partial charge in [0.2, 0.25) is 11.8 Å². The number of carbonyl (C=O) groups excluding carboxylic acids is 3. The van der Waals surface area contributed by atoms with Crippen LogP contribution < -0.4 is 25.4 Å². The lowest BCUT2D eigenvalue weighted by molar-refractivity contribution is -0.131. The Morgan fingerprint density at radius 2 is 1.37 bits per heavy atom. The van der Waals surface area contributed by atoms with E-state index in [9.17, 15) is 24.4 Å². The van der Waals surface area contributed by atoms with Gasteiger partial charge in [0.25, 0.3) is 5.91 Å². The molecule has 11 nitrogen and oxygen atoms in total. The van der Waals surface area contributed by atoms with Gasteiger partial charge in [0, 0.05) is 6.42 Å². The van der Waals surface area contributed by atoms with E-state index in [-0.39, 0.29) is 24.5 Å². The lowest BCUT2D eigenvalue weighted by atomic mass is 9.75. The van der Waals surface area contributed by atoms with E-state index in [0.717, 1.165) is 11.1 Å². The summed E-state index contributed by atoms with van der Waals surface area (Å²) in [6.07, 6.45) is 0.249. The zero-order chi connectivity index (χ0) is 31.5. The molecule has 1 heterocycles. The molecule has 228 valence electrons. The number of halogens is 1. The van der Waals surface area contributed by atoms with Gasteiger partial charge in [-0.1, -0.05) is 44.2 Å². The monoisotopic (exact) mass is 654 g/mol. The minimum atomic E-state index is -1.85. The van der Waals surface area contributed by atoms with E-state index in [1.54, 1.807) is 88.7 Å². The minimum absolute atomic E-state index is 0.110. The summed E-state index contributed by atoms with van der Waals surface area (Å²) in [7, 11) is 1.24. The summed E-state index contributed by atoms with van der Waals surface area (Å²) in [5.41, 5.74) is 1.60. The van der Waals surface area contributed by atoms with Gasteiger partial charge in [-0.3, -0.25) is 14.4 Å². The highest BCUT2D eigenvalue weighted by Gasteiger charge is 2.33. The number of nitrogens with one attached hydrogen (secondary N) is 3. The maximum Gasteiger partial charge on any atom is 0.475 e. The molecule has 0 spiro atoms. The highest BCUT2D eigenvalue weighted by atomic mass is 79.9. The number of aromatic nitrogens is 1. The SMILES string of the molecule is COc1ccc(C[C@H](NC(=O)[C@@H](NC(=O)[C@H](Cc2ccc(OC)cc2)NC(=O)c2cccc(Br)n2)C(C)C)B(O)O)cc1. The smallest absolute Gasteiger partial charge is 0.475 e. The van der Waals surface area contributed by atoms with Gasteiger partial charge < -0.3 is 35.5 Å². The number of carbonyl (C=O) groups is 3. The summed E-state index contributed by atoms with van der Waals surface area (Å²) in [4.78, 5) is 44.2. The molecule has 43 heavy (non-hydrogen) atoms. The van der Waals surface area contributed by atoms with Crippen molar-refractivity contribution in [2.75, 3.05) is 14.2 Å². The number of hydrogen-bond donors (Lipinski definition) is 5. The molecule has 3 amide bonds. The lowest BCUT2D eigenvalue weighted by Gasteiger charge is -2.27. The van der Waals surface area contributed by atoms with Gasteiger partial charge in [0.1, 0.15) is 33.9 Å². The Balaban J connectivity index is 1.78. The average Bonchev–Trinajstić information content (AvgIpc) is 2.99. The standard InChI is InChI=1S/C30H36BBrN4O7/c1-18(2)27(30(39)35-25(31(40)41)17-20-10-14-22(43-4)15-11-20)36-29(38)24(16-19-8-12-21(42-3)13-9-19)34-28(37)23-6-5-7-26(32)33-23/h5-15,18,24-25,27,40-41H,16-17H2,1-4H3,(H,34,37)(H,35,39)(H,36,38)/t24-,25-,27-/m0/s1. The molecule has 0 saturated heterocycles. The molecule has 3 rings (SSSR count). The molecule has 0 bridgehead atoms. The number of hydrogen-bond acceptors (Lipinski definition) is 8. The molecule has 0 saturated carbocycles. The van der Waals surface area contributed by atoms with E-state index in [2.05, 4.69) is 36.9 Å². The Bertz CT molecular complexity index is 1370. The fourth-order valence-corrected chi connectivity index (χ4v) is 4.63. The summed E-state index contributed by atoms with van der Waals surface area (Å²) >= 11 is 3.25. The first-order chi connectivity index (χ1) is 20.5. The Kier molecular flexibility index (Phi) is 12.5. The summed E-state index contributed by atoms with van der Waals surface area (Å²) in [6, 6.07) is 16.8. The minimum Gasteiger partial charge on any atom is -0.497 e. The predicted molar refractivity (Wildman–Crippen MR) is 165 cm³/mol. The van der Waals surface area contributed by atoms with Crippen LogP contribution in [0.15, 0.2) is 71.3 Å². The maximum absolute atomic E-state index is 13.6. The van der Waals surface area contributed by atoms with E-state index < -0.39 is 42.9 Å². The van der Waals surface area contributed by atoms with Crippen LogP contribution in [0.3, 0.4) is 0 Å². The van der Waals surface area contributed by atoms with Gasteiger partial charge in [-0.15, -0.1) is 0 Å². The number of pyridine rings is 1. The molecule has 0 fully saturated rings. The predicted octanol–water partition coefficient (Wildman–Crippen LogP) is 2.08. The molecule has 0 aliphatic carbocycles. The highest BCUT2D eigenvalue weighted by Crippen LogP contribution is 2.16. The molecule has 0 aliphatic rings. The number of nitrogens with zero attached hydrogens (tertiary/aromatic N) is 1. The van der Waals surface area contributed by atoms with Gasteiger partial charge >= 0.3 is 7.12 Å². The molecular formula is C30H36BBrN4O7. The van der Waals surface area contributed by atoms with Crippen LogP contribution >= 0.6 is 15.9 Å². The molecule has 3 aromatic rings. The molecule has 5 N–H and O–H groups in total. The maximum atomic E-state index is 13.6. The van der Waals surface area contributed by atoms with Crippen LogP contribution in [-0.2, 0) is 22.4 Å². The van der Waals surface area contributed by atoms with Crippen molar-refractivity contribution in [3.63, 3.8) is 0 Å². The summed E-state index contributed by atoms with van der Waals surface area (Å²) < 4.78 is 10.8. The van der Waals surface area contributed by atoms with E-state index in [4.69, 9.17) is 9.47 Å². The molecule has 13 heteroatoms. The average molecular weight is 655 g/mol. The topological polar surface area (TPSA) is 159 Å². The Labute approximate surface area is 259 Å². The molecule has 1 aromatic heterocycles. The van der Waals surface area contributed by atoms with E-state index >= 15 is 0 Å². The fraction of sp³-hybridized carbons (Fsp3) is 0.333. The Morgan fingerprint density at radius 3 is 1.86 bits per heavy atom. The number of amides is 3. The Hall–Kier alpha value is -3.94. The molecule has 3 atom stereocenters. The van der Waals surface area contributed by atoms with Crippen LogP contribution in [0, 0.1) is 5.92 Å². The van der Waals surface area contributed by atoms with Gasteiger partial charge in [-0.05, 0) is 75.8 Å². The Morgan fingerprint density at radius 1 is 0.814 bits per heavy atom. The second-order valence-corrected chi connectivity index (χ2v) is 11.0. The number of rotatable bonds is 14. The third kappa shape index (κ3) is 10.1. The van der Waals surface area contributed by atoms with Crippen LogP contribution in [0.2, 0.25) is 0 Å². The van der Waals surface area contributed by atoms with Gasteiger partial charge in [-0.2, -0.15) is 0 Å². The van der Waals surface area contributed by atoms with E-state index in [0.29, 0.717) is 16.1 Å². The van der Waals surface area contributed by atoms with Gasteiger partial charge in [-0.25, -0.2) is 4.98 Å². The van der Waals surface area contributed by atoms with Crippen molar-refractivity contribution in [2.45, 2.75) is 44.7 Å². The van der Waals surface area contributed by atoms with Crippen molar-refractivity contribution >= 4 is 40.8 Å². The van der Waals surface area contributed by atoms with Crippen molar-refractivity contribution < 1.29 is 33.9 Å². The second-order valence-electron chi connectivity index (χ2n) is 10.2. The van der Waals surface area contributed by atoms with Crippen molar-refractivity contribution in [1.82, 2.24) is 20.9 Å². The van der Waals surface area contributed by atoms with Crippen molar-refractivity contribution in [2.24, 2.45) is 5.92 Å². The molecular weight excluding hydrogens is 619 g/mol. The summed E-state index contributed by atoms with van der Waals surface area (Å²) in [5, 5.41) is 28.1. The van der Waals surface area contributed by atoms with Gasteiger partial charge in [0.05, 0.1) is 20.2 Å². The largest absolute Gasteiger partial charge is 0.497 e. The first kappa shape index (κ1) is 33.6. The number of ether oxygens (including phenoxy) is 2. The van der Waals surface area contributed by atoms with Gasteiger partial charge in [0.15, 0.2) is 0 Å². The van der Waals surface area contributed by atoms with Crippen LogP contribution in [0.4, 0.5) is 0 Å². The molecule has 0 unspecified atom stereocenters. The van der Waals surface area contributed by atoms with E-state index in [1.807, 2.05) is 0 Å². The normalized spacial score (nSPS) is 12.9. The van der Waals surface area contributed by atoms with Crippen LogP contribution in [0.25, 0.3) is 0 Å². The summed E-state index contributed by atoms with van der Waals surface area (Å²) in [5.74, 6) is -1.89. The van der Waals surface area contributed by atoms with Crippen molar-refractivity contribution in [1.29, 1.82) is 0 Å². The van der Waals surface area contributed by atoms with Crippen LogP contribution in [0.1, 0.15) is 35.5 Å².